The predicted molar refractivity (Wildman–Crippen MR) is 87.3 cm³/mol. The Morgan fingerprint density at radius 3 is 2.71 bits per heavy atom. The first kappa shape index (κ1) is 16.0. The molecule has 0 aliphatic carbocycles. The average Bonchev–Trinajstić information content (AvgIpc) is 2.83. The highest BCUT2D eigenvalue weighted by molar-refractivity contribution is 6.31. The monoisotopic (exact) mass is 306 g/mol. The summed E-state index contributed by atoms with van der Waals surface area (Å²) in [6.45, 7) is 3.44. The third-order valence-corrected chi connectivity index (χ3v) is 4.13. The number of nitrogens with two attached hydrogens (primary N) is 1. The molecule has 0 aliphatic rings. The molecule has 0 spiro atoms. The molecule has 21 heavy (non-hydrogen) atoms. The van der Waals surface area contributed by atoms with Crippen molar-refractivity contribution in [1.29, 1.82) is 0 Å². The van der Waals surface area contributed by atoms with Crippen LogP contribution in [-0.2, 0) is 20.0 Å². The highest BCUT2D eigenvalue weighted by Crippen LogP contribution is 2.25. The lowest BCUT2D eigenvalue weighted by Crippen LogP contribution is -2.30. The van der Waals surface area contributed by atoms with Crippen LogP contribution < -0.4 is 5.73 Å². The van der Waals surface area contributed by atoms with Crippen molar-refractivity contribution < 1.29 is 0 Å². The van der Waals surface area contributed by atoms with Gasteiger partial charge in [0, 0.05) is 36.9 Å². The molecule has 2 aromatic rings. The summed E-state index contributed by atoms with van der Waals surface area (Å²) in [4.78, 5) is 2.23. The second-order valence-corrected chi connectivity index (χ2v) is 5.72. The van der Waals surface area contributed by atoms with Crippen molar-refractivity contribution in [2.24, 2.45) is 12.8 Å². The van der Waals surface area contributed by atoms with Crippen molar-refractivity contribution in [3.8, 4) is 0 Å². The van der Waals surface area contributed by atoms with Gasteiger partial charge in [0.25, 0.3) is 0 Å². The van der Waals surface area contributed by atoms with Gasteiger partial charge in [-0.15, -0.1) is 0 Å². The number of nitrogens with zero attached hydrogens (tertiary/aromatic N) is 3. The van der Waals surface area contributed by atoms with Gasteiger partial charge in [0.05, 0.1) is 11.7 Å². The fourth-order valence-corrected chi connectivity index (χ4v) is 2.85. The summed E-state index contributed by atoms with van der Waals surface area (Å²) in [5, 5.41) is 5.31. The van der Waals surface area contributed by atoms with Crippen LogP contribution in [0.5, 0.6) is 0 Å². The molecule has 1 aromatic heterocycles. The topological polar surface area (TPSA) is 47.1 Å². The van der Waals surface area contributed by atoms with E-state index in [-0.39, 0.29) is 6.04 Å². The summed E-state index contributed by atoms with van der Waals surface area (Å²) < 4.78 is 1.86. The predicted octanol–water partition coefficient (Wildman–Crippen LogP) is 2.77. The normalized spacial score (nSPS) is 12.9. The first-order chi connectivity index (χ1) is 10.1. The van der Waals surface area contributed by atoms with Crippen LogP contribution in [0.2, 0.25) is 5.02 Å². The van der Waals surface area contributed by atoms with Gasteiger partial charge in [-0.2, -0.15) is 5.10 Å². The zero-order chi connectivity index (χ0) is 15.4. The van der Waals surface area contributed by atoms with Crippen LogP contribution in [0.4, 0.5) is 0 Å². The maximum Gasteiger partial charge on any atom is 0.0670 e. The molecule has 1 aromatic carbocycles. The Balaban J connectivity index is 2.22. The molecule has 0 amide bonds. The van der Waals surface area contributed by atoms with Gasteiger partial charge in [-0.1, -0.05) is 36.7 Å². The summed E-state index contributed by atoms with van der Waals surface area (Å²) in [5.74, 6) is 0. The van der Waals surface area contributed by atoms with E-state index in [2.05, 4.69) is 36.2 Å². The maximum absolute atomic E-state index is 6.25. The van der Waals surface area contributed by atoms with Gasteiger partial charge in [-0.25, -0.2) is 0 Å². The minimum atomic E-state index is 0.143. The average molecular weight is 307 g/mol. The maximum atomic E-state index is 6.25. The number of halogens is 1. The van der Waals surface area contributed by atoms with Crippen LogP contribution in [0.1, 0.15) is 29.8 Å². The van der Waals surface area contributed by atoms with Gasteiger partial charge in [0.2, 0.25) is 0 Å². The molecule has 1 unspecified atom stereocenters. The van der Waals surface area contributed by atoms with Crippen LogP contribution in [-0.4, -0.2) is 28.3 Å². The van der Waals surface area contributed by atoms with Gasteiger partial charge in [0.15, 0.2) is 0 Å². The Bertz CT molecular complexity index is 594. The zero-order valence-corrected chi connectivity index (χ0v) is 13.6. The molecule has 4 nitrogen and oxygen atoms in total. The minimum Gasteiger partial charge on any atom is -0.329 e. The number of aryl methyl sites for hydroxylation is 2. The molecule has 0 fully saturated rings. The van der Waals surface area contributed by atoms with Crippen molar-refractivity contribution in [3.63, 3.8) is 0 Å². The Hall–Kier alpha value is -1.36. The molecule has 114 valence electrons. The van der Waals surface area contributed by atoms with Crippen LogP contribution in [0.3, 0.4) is 0 Å². The lowest BCUT2D eigenvalue weighted by Gasteiger charge is -2.27. The molecule has 2 N–H and O–H groups in total. The molecule has 0 radical (unpaired) electrons. The van der Waals surface area contributed by atoms with Crippen molar-refractivity contribution >= 4 is 11.6 Å². The van der Waals surface area contributed by atoms with Crippen molar-refractivity contribution in [2.45, 2.75) is 25.9 Å². The largest absolute Gasteiger partial charge is 0.329 e. The molecule has 1 heterocycles. The third-order valence-electron chi connectivity index (χ3n) is 3.76. The van der Waals surface area contributed by atoms with Crippen molar-refractivity contribution in [1.82, 2.24) is 14.7 Å². The van der Waals surface area contributed by atoms with E-state index < -0.39 is 0 Å². The molecule has 0 bridgehead atoms. The Morgan fingerprint density at radius 1 is 1.38 bits per heavy atom. The summed E-state index contributed by atoms with van der Waals surface area (Å²) >= 11 is 6.25. The highest BCUT2D eigenvalue weighted by Gasteiger charge is 2.21. The van der Waals surface area contributed by atoms with E-state index in [1.54, 1.807) is 0 Å². The quantitative estimate of drug-likeness (QED) is 0.892. The molecule has 0 saturated carbocycles. The van der Waals surface area contributed by atoms with E-state index in [0.29, 0.717) is 6.54 Å². The number of benzene rings is 1. The van der Waals surface area contributed by atoms with E-state index in [0.717, 1.165) is 29.2 Å². The van der Waals surface area contributed by atoms with Gasteiger partial charge in [0.1, 0.15) is 0 Å². The van der Waals surface area contributed by atoms with E-state index in [4.69, 9.17) is 17.3 Å². The van der Waals surface area contributed by atoms with Crippen LogP contribution in [0.25, 0.3) is 0 Å². The second kappa shape index (κ2) is 7.07. The van der Waals surface area contributed by atoms with Crippen LogP contribution >= 0.6 is 11.6 Å². The third kappa shape index (κ3) is 3.64. The number of rotatable bonds is 6. The number of hydrogen-bond donors (Lipinski definition) is 1. The minimum absolute atomic E-state index is 0.143. The van der Waals surface area contributed by atoms with E-state index in [1.807, 2.05) is 29.9 Å². The molecule has 0 aliphatic heterocycles. The summed E-state index contributed by atoms with van der Waals surface area (Å²) in [6.07, 6.45) is 2.98. The zero-order valence-electron chi connectivity index (χ0n) is 12.9. The smallest absolute Gasteiger partial charge is 0.0670 e. The summed E-state index contributed by atoms with van der Waals surface area (Å²) in [6, 6.07) is 8.07. The Labute approximate surface area is 131 Å². The highest BCUT2D eigenvalue weighted by atomic mass is 35.5. The van der Waals surface area contributed by atoms with Gasteiger partial charge < -0.3 is 5.73 Å². The van der Waals surface area contributed by atoms with E-state index >= 15 is 0 Å². The molecular formula is C16H23ClN4. The van der Waals surface area contributed by atoms with Gasteiger partial charge in [-0.3, -0.25) is 9.58 Å². The van der Waals surface area contributed by atoms with E-state index in [1.165, 1.54) is 5.56 Å². The van der Waals surface area contributed by atoms with Gasteiger partial charge >= 0.3 is 0 Å². The van der Waals surface area contributed by atoms with Crippen LogP contribution in [0, 0.1) is 0 Å². The fraction of sp³-hybridized carbons (Fsp3) is 0.438. The van der Waals surface area contributed by atoms with Crippen molar-refractivity contribution in [2.75, 3.05) is 13.6 Å². The molecule has 0 saturated heterocycles. The Kier molecular flexibility index (Phi) is 5.39. The molecule has 2 rings (SSSR count). The molecular weight excluding hydrogens is 284 g/mol. The summed E-state index contributed by atoms with van der Waals surface area (Å²) in [7, 11) is 4.03. The van der Waals surface area contributed by atoms with Crippen LogP contribution in [0.15, 0.2) is 30.5 Å². The lowest BCUT2D eigenvalue weighted by atomic mass is 10.0. The molecule has 5 heteroatoms. The number of aromatic nitrogens is 2. The fourth-order valence-electron chi connectivity index (χ4n) is 2.66. The van der Waals surface area contributed by atoms with Crippen molar-refractivity contribution in [3.05, 3.63) is 52.3 Å². The molecule has 1 atom stereocenters. The lowest BCUT2D eigenvalue weighted by molar-refractivity contribution is 0.241. The number of hydrogen-bond acceptors (Lipinski definition) is 3. The standard InChI is InChI=1S/C16H23ClN4/c1-4-15-13(11-21(3)19-15)16(9-18)20(2)10-12-7-5-6-8-14(12)17/h5-8,11,16H,4,9-10,18H2,1-3H3. The number of likely N-dealkylation sites (N-methyl/N-ethyl adjacent to an activating group) is 1. The second-order valence-electron chi connectivity index (χ2n) is 5.32. The summed E-state index contributed by atoms with van der Waals surface area (Å²) in [5.41, 5.74) is 9.45. The van der Waals surface area contributed by atoms with Gasteiger partial charge in [-0.05, 0) is 25.1 Å². The SMILES string of the molecule is CCc1nn(C)cc1C(CN)N(C)Cc1ccccc1Cl. The Morgan fingerprint density at radius 2 is 2.10 bits per heavy atom. The van der Waals surface area contributed by atoms with E-state index in [9.17, 15) is 0 Å². The first-order valence-corrected chi connectivity index (χ1v) is 7.60. The first-order valence-electron chi connectivity index (χ1n) is 7.23.